The Morgan fingerprint density at radius 1 is 1.26 bits per heavy atom. The number of benzene rings is 2. The van der Waals surface area contributed by atoms with E-state index in [1.165, 1.54) is 6.07 Å². The average molecular weight is 455 g/mol. The van der Waals surface area contributed by atoms with E-state index in [0.29, 0.717) is 17.0 Å². The highest BCUT2D eigenvalue weighted by molar-refractivity contribution is 14.1. The van der Waals surface area contributed by atoms with E-state index >= 15 is 0 Å². The van der Waals surface area contributed by atoms with Gasteiger partial charge in [0.25, 0.3) is 0 Å². The fraction of sp³-hybridized carbons (Fsp3) is 0.143. The molecule has 0 heterocycles. The third-order valence-corrected chi connectivity index (χ3v) is 4.89. The Morgan fingerprint density at radius 2 is 2.00 bits per heavy atom. The number of rotatable bonds is 3. The van der Waals surface area contributed by atoms with Gasteiger partial charge in [-0.1, -0.05) is 39.7 Å². The first-order valence-electron chi connectivity index (χ1n) is 5.62. The van der Waals surface area contributed by atoms with Crippen molar-refractivity contribution in [2.45, 2.75) is 12.5 Å². The van der Waals surface area contributed by atoms with Gasteiger partial charge in [0.1, 0.15) is 5.82 Å². The summed E-state index contributed by atoms with van der Waals surface area (Å²) in [5.41, 5.74) is 7.63. The van der Waals surface area contributed by atoms with Crippen molar-refractivity contribution in [2.75, 3.05) is 0 Å². The zero-order valence-corrected chi connectivity index (χ0v) is 14.3. The van der Waals surface area contributed by atoms with Crippen LogP contribution in [0.25, 0.3) is 0 Å². The lowest BCUT2D eigenvalue weighted by atomic mass is 9.99. The van der Waals surface area contributed by atoms with Crippen LogP contribution in [0, 0.1) is 9.39 Å². The van der Waals surface area contributed by atoms with Gasteiger partial charge in [-0.05, 0) is 64.4 Å². The van der Waals surface area contributed by atoms with Gasteiger partial charge >= 0.3 is 0 Å². The summed E-state index contributed by atoms with van der Waals surface area (Å²) in [6.45, 7) is 0. The molecule has 1 atom stereocenters. The van der Waals surface area contributed by atoms with Crippen LogP contribution in [0.15, 0.2) is 40.9 Å². The van der Waals surface area contributed by atoms with Crippen LogP contribution in [-0.2, 0) is 6.42 Å². The van der Waals surface area contributed by atoms with Crippen molar-refractivity contribution in [1.29, 1.82) is 0 Å². The minimum absolute atomic E-state index is 0.249. The van der Waals surface area contributed by atoms with Gasteiger partial charge in [0, 0.05) is 14.1 Å². The fourth-order valence-electron chi connectivity index (χ4n) is 1.79. The molecule has 0 amide bonds. The maximum atomic E-state index is 13.8. The highest BCUT2D eigenvalue weighted by Gasteiger charge is 2.12. The van der Waals surface area contributed by atoms with Crippen LogP contribution in [0.5, 0.6) is 0 Å². The Hall–Kier alpha value is -0.170. The van der Waals surface area contributed by atoms with E-state index in [9.17, 15) is 4.39 Å². The van der Waals surface area contributed by atoms with Gasteiger partial charge in [0.15, 0.2) is 0 Å². The van der Waals surface area contributed by atoms with Gasteiger partial charge in [-0.3, -0.25) is 0 Å². The monoisotopic (exact) mass is 453 g/mol. The Bertz CT molecular complexity index is 606. The molecule has 2 rings (SSSR count). The summed E-state index contributed by atoms with van der Waals surface area (Å²) in [5.74, 6) is -0.249. The molecule has 1 nitrogen and oxygen atoms in total. The van der Waals surface area contributed by atoms with Gasteiger partial charge < -0.3 is 5.73 Å². The van der Waals surface area contributed by atoms with Crippen molar-refractivity contribution < 1.29 is 4.39 Å². The largest absolute Gasteiger partial charge is 0.324 e. The molecule has 0 aliphatic heterocycles. The summed E-state index contributed by atoms with van der Waals surface area (Å²) in [4.78, 5) is 0. The molecule has 5 heteroatoms. The van der Waals surface area contributed by atoms with Crippen LogP contribution < -0.4 is 5.73 Å². The van der Waals surface area contributed by atoms with Crippen LogP contribution in [-0.4, -0.2) is 0 Å². The first-order chi connectivity index (χ1) is 8.97. The van der Waals surface area contributed by atoms with E-state index in [0.717, 1.165) is 13.6 Å². The molecule has 2 aromatic rings. The maximum Gasteiger partial charge on any atom is 0.127 e. The molecule has 100 valence electrons. The summed E-state index contributed by atoms with van der Waals surface area (Å²) < 4.78 is 15.5. The normalized spacial score (nSPS) is 12.5. The van der Waals surface area contributed by atoms with E-state index < -0.39 is 0 Å². The lowest BCUT2D eigenvalue weighted by Gasteiger charge is -2.13. The highest BCUT2D eigenvalue weighted by atomic mass is 127. The number of hydrogen-bond acceptors (Lipinski definition) is 1. The molecule has 2 N–H and O–H groups in total. The second kappa shape index (κ2) is 6.52. The lowest BCUT2D eigenvalue weighted by molar-refractivity contribution is 0.592. The summed E-state index contributed by atoms with van der Waals surface area (Å²) in [7, 11) is 0. The van der Waals surface area contributed by atoms with Crippen molar-refractivity contribution in [3.63, 3.8) is 0 Å². The quantitative estimate of drug-likeness (QED) is 0.643. The minimum Gasteiger partial charge on any atom is -0.324 e. The molecule has 0 aliphatic rings. The zero-order chi connectivity index (χ0) is 14.0. The molecule has 0 fully saturated rings. The predicted molar refractivity (Wildman–Crippen MR) is 88.9 cm³/mol. The van der Waals surface area contributed by atoms with Crippen LogP contribution in [0.2, 0.25) is 5.02 Å². The Kier molecular flexibility index (Phi) is 5.22. The highest BCUT2D eigenvalue weighted by Crippen LogP contribution is 2.25. The zero-order valence-electron chi connectivity index (χ0n) is 9.84. The fourth-order valence-corrected chi connectivity index (χ4v) is 2.64. The van der Waals surface area contributed by atoms with Gasteiger partial charge in [0.05, 0.1) is 5.02 Å². The van der Waals surface area contributed by atoms with E-state index in [1.807, 2.05) is 24.3 Å². The predicted octanol–water partition coefficient (Wildman–Crippen LogP) is 5.09. The standard InChI is InChI=1S/C14H11BrClFIN/c15-10-3-1-8(12(17)7-10)6-14(19)9-2-4-13(18)11(16)5-9/h1-5,7,14H,6,19H2. The van der Waals surface area contributed by atoms with E-state index in [4.69, 9.17) is 17.3 Å². The molecule has 0 aromatic heterocycles. The van der Waals surface area contributed by atoms with Crippen molar-refractivity contribution in [2.24, 2.45) is 5.73 Å². The molecule has 0 bridgehead atoms. The average Bonchev–Trinajstić information content (AvgIpc) is 2.36. The van der Waals surface area contributed by atoms with Crippen LogP contribution >= 0.6 is 50.1 Å². The molecule has 0 aliphatic carbocycles. The molecule has 0 radical (unpaired) electrons. The van der Waals surface area contributed by atoms with Gasteiger partial charge in [-0.25, -0.2) is 4.39 Å². The van der Waals surface area contributed by atoms with Crippen molar-refractivity contribution in [1.82, 2.24) is 0 Å². The number of hydrogen-bond donors (Lipinski definition) is 1. The van der Waals surface area contributed by atoms with Crippen molar-refractivity contribution in [3.8, 4) is 0 Å². The smallest absolute Gasteiger partial charge is 0.127 e. The van der Waals surface area contributed by atoms with E-state index in [1.54, 1.807) is 6.07 Å². The molecular weight excluding hydrogens is 443 g/mol. The first kappa shape index (κ1) is 15.2. The Balaban J connectivity index is 2.20. The summed E-state index contributed by atoms with van der Waals surface area (Å²) in [6.07, 6.45) is 0.441. The second-order valence-electron chi connectivity index (χ2n) is 4.22. The van der Waals surface area contributed by atoms with Crippen LogP contribution in [0.1, 0.15) is 17.2 Å². The van der Waals surface area contributed by atoms with Crippen LogP contribution in [0.4, 0.5) is 4.39 Å². The molecular formula is C14H11BrClFIN. The van der Waals surface area contributed by atoms with Crippen molar-refractivity contribution >= 4 is 50.1 Å². The third-order valence-electron chi connectivity index (χ3n) is 2.83. The van der Waals surface area contributed by atoms with E-state index in [2.05, 4.69) is 38.5 Å². The SMILES string of the molecule is NC(Cc1ccc(Br)cc1F)c1ccc(I)c(Cl)c1. The van der Waals surface area contributed by atoms with Gasteiger partial charge in [0.2, 0.25) is 0 Å². The van der Waals surface area contributed by atoms with Crippen LogP contribution in [0.3, 0.4) is 0 Å². The van der Waals surface area contributed by atoms with Crippen molar-refractivity contribution in [3.05, 3.63) is 66.4 Å². The third kappa shape index (κ3) is 3.90. The number of halogens is 4. The molecule has 0 saturated carbocycles. The molecule has 19 heavy (non-hydrogen) atoms. The first-order valence-corrected chi connectivity index (χ1v) is 7.87. The Labute approximate surface area is 138 Å². The second-order valence-corrected chi connectivity index (χ2v) is 6.70. The lowest BCUT2D eigenvalue weighted by Crippen LogP contribution is -2.14. The Morgan fingerprint density at radius 3 is 2.63 bits per heavy atom. The maximum absolute atomic E-state index is 13.8. The molecule has 0 spiro atoms. The summed E-state index contributed by atoms with van der Waals surface area (Å²) >= 11 is 11.5. The molecule has 0 saturated heterocycles. The minimum atomic E-state index is -0.273. The van der Waals surface area contributed by atoms with E-state index in [-0.39, 0.29) is 11.9 Å². The topological polar surface area (TPSA) is 26.0 Å². The van der Waals surface area contributed by atoms with Gasteiger partial charge in [-0.2, -0.15) is 0 Å². The summed E-state index contributed by atoms with van der Waals surface area (Å²) in [5, 5.41) is 0.671. The van der Waals surface area contributed by atoms with Gasteiger partial charge in [-0.15, -0.1) is 0 Å². The summed E-state index contributed by atoms with van der Waals surface area (Å²) in [6, 6.07) is 10.4. The molecule has 2 aromatic carbocycles. The molecule has 1 unspecified atom stereocenters. The number of nitrogens with two attached hydrogens (primary N) is 1.